The molecule has 1 aliphatic heterocycles. The molecule has 2 N–H and O–H groups in total. The summed E-state index contributed by atoms with van der Waals surface area (Å²) in [4.78, 5) is 42.3. The van der Waals surface area contributed by atoms with Crippen LogP contribution in [-0.2, 0) is 16.1 Å². The van der Waals surface area contributed by atoms with Crippen LogP contribution in [0.2, 0.25) is 0 Å². The molecule has 1 aromatic carbocycles. The van der Waals surface area contributed by atoms with Crippen LogP contribution in [0.5, 0.6) is 11.5 Å². The van der Waals surface area contributed by atoms with Crippen molar-refractivity contribution in [1.82, 2.24) is 14.8 Å². The number of hydrogen-bond acceptors (Lipinski definition) is 5. The maximum atomic E-state index is 14.3. The zero-order valence-corrected chi connectivity index (χ0v) is 23.6. The van der Waals surface area contributed by atoms with Gasteiger partial charge in [0.2, 0.25) is 11.8 Å². The lowest BCUT2D eigenvalue weighted by molar-refractivity contribution is -0.133. The van der Waals surface area contributed by atoms with Crippen molar-refractivity contribution in [3.8, 4) is 11.5 Å². The molecule has 1 unspecified atom stereocenters. The van der Waals surface area contributed by atoms with E-state index in [1.807, 2.05) is 17.6 Å². The molecule has 0 radical (unpaired) electrons. The van der Waals surface area contributed by atoms with Gasteiger partial charge in [-0.1, -0.05) is 39.5 Å². The number of carbonyl (C=O) groups excluding carboxylic acids is 3. The van der Waals surface area contributed by atoms with Crippen molar-refractivity contribution in [2.75, 3.05) is 26.1 Å². The molecule has 9 heteroatoms. The van der Waals surface area contributed by atoms with Crippen molar-refractivity contribution in [3.63, 3.8) is 0 Å². The number of ether oxygens (including phenoxy) is 2. The van der Waals surface area contributed by atoms with Crippen LogP contribution in [0.4, 0.5) is 5.69 Å². The van der Waals surface area contributed by atoms with Crippen LogP contribution in [0.1, 0.15) is 83.1 Å². The van der Waals surface area contributed by atoms with Crippen LogP contribution in [0.3, 0.4) is 0 Å². The van der Waals surface area contributed by atoms with Gasteiger partial charge in [-0.05, 0) is 38.2 Å². The van der Waals surface area contributed by atoms with Gasteiger partial charge in [0.05, 0.1) is 32.0 Å². The fourth-order valence-electron chi connectivity index (χ4n) is 5.80. The average molecular weight is 527 g/mol. The van der Waals surface area contributed by atoms with Crippen molar-refractivity contribution in [2.24, 2.45) is 5.92 Å². The second kappa shape index (κ2) is 11.3. The number of rotatable bonds is 8. The summed E-state index contributed by atoms with van der Waals surface area (Å²) in [7, 11) is 3.10. The Hall–Kier alpha value is -3.23. The largest absolute Gasteiger partial charge is 0.493 e. The van der Waals surface area contributed by atoms with Gasteiger partial charge < -0.3 is 29.6 Å². The highest BCUT2D eigenvalue weighted by atomic mass is 16.5. The van der Waals surface area contributed by atoms with E-state index in [4.69, 9.17) is 9.47 Å². The molecule has 208 valence electrons. The summed E-state index contributed by atoms with van der Waals surface area (Å²) in [6.07, 6.45) is 7.27. The number of nitrogens with zero attached hydrogens (tertiary/aromatic N) is 2. The van der Waals surface area contributed by atoms with Gasteiger partial charge in [0.15, 0.2) is 11.5 Å². The van der Waals surface area contributed by atoms with Gasteiger partial charge in [-0.25, -0.2) is 0 Å². The highest BCUT2D eigenvalue weighted by Gasteiger charge is 2.49. The van der Waals surface area contributed by atoms with E-state index in [1.165, 1.54) is 19.8 Å². The predicted molar refractivity (Wildman–Crippen MR) is 148 cm³/mol. The maximum absolute atomic E-state index is 14.3. The number of nitrogens with one attached hydrogen (secondary N) is 2. The van der Waals surface area contributed by atoms with Crippen LogP contribution in [0, 0.1) is 5.92 Å². The zero-order chi connectivity index (χ0) is 27.6. The third kappa shape index (κ3) is 5.20. The lowest BCUT2D eigenvalue weighted by Crippen LogP contribution is -2.65. The molecular weight excluding hydrogens is 484 g/mol. The summed E-state index contributed by atoms with van der Waals surface area (Å²) >= 11 is 0. The first kappa shape index (κ1) is 27.8. The van der Waals surface area contributed by atoms with E-state index >= 15 is 0 Å². The van der Waals surface area contributed by atoms with Crippen LogP contribution >= 0.6 is 0 Å². The molecule has 4 rings (SSSR count). The third-order valence-corrected chi connectivity index (χ3v) is 7.99. The van der Waals surface area contributed by atoms with Gasteiger partial charge in [0, 0.05) is 31.0 Å². The van der Waals surface area contributed by atoms with Gasteiger partial charge in [-0.3, -0.25) is 14.4 Å². The van der Waals surface area contributed by atoms with E-state index in [1.54, 1.807) is 25.2 Å². The number of benzene rings is 1. The molecule has 1 aliphatic carbocycles. The first-order valence-corrected chi connectivity index (χ1v) is 13.8. The van der Waals surface area contributed by atoms with E-state index in [9.17, 15) is 14.4 Å². The fourth-order valence-corrected chi connectivity index (χ4v) is 5.80. The van der Waals surface area contributed by atoms with E-state index in [-0.39, 0.29) is 30.3 Å². The molecule has 2 heterocycles. The Kier molecular flexibility index (Phi) is 8.23. The van der Waals surface area contributed by atoms with Crippen molar-refractivity contribution < 1.29 is 23.9 Å². The Labute approximate surface area is 225 Å². The van der Waals surface area contributed by atoms with Crippen molar-refractivity contribution in [2.45, 2.75) is 90.8 Å². The lowest BCUT2D eigenvalue weighted by Gasteiger charge is -2.45. The normalized spacial score (nSPS) is 20.3. The third-order valence-electron chi connectivity index (χ3n) is 7.99. The highest BCUT2D eigenvalue weighted by Crippen LogP contribution is 2.43. The topological polar surface area (TPSA) is 102 Å². The maximum Gasteiger partial charge on any atom is 0.273 e. The van der Waals surface area contributed by atoms with Crippen LogP contribution in [-0.4, -0.2) is 59.5 Å². The quantitative estimate of drug-likeness (QED) is 0.485. The number of anilines is 1. The Morgan fingerprint density at radius 3 is 2.29 bits per heavy atom. The number of amides is 3. The van der Waals surface area contributed by atoms with Crippen LogP contribution in [0.25, 0.3) is 10.9 Å². The molecule has 2 aromatic rings. The summed E-state index contributed by atoms with van der Waals surface area (Å²) < 4.78 is 12.9. The highest BCUT2D eigenvalue weighted by molar-refractivity contribution is 6.15. The first-order chi connectivity index (χ1) is 18.1. The molecule has 9 nitrogen and oxygen atoms in total. The molecule has 1 fully saturated rings. The van der Waals surface area contributed by atoms with Gasteiger partial charge in [-0.2, -0.15) is 0 Å². The Balaban J connectivity index is 1.86. The molecule has 38 heavy (non-hydrogen) atoms. The van der Waals surface area contributed by atoms with E-state index in [0.29, 0.717) is 46.2 Å². The first-order valence-electron chi connectivity index (χ1n) is 13.8. The smallest absolute Gasteiger partial charge is 0.273 e. The van der Waals surface area contributed by atoms with Gasteiger partial charge >= 0.3 is 0 Å². The summed E-state index contributed by atoms with van der Waals surface area (Å²) in [6, 6.07) is 3.70. The molecule has 1 atom stereocenters. The lowest BCUT2D eigenvalue weighted by atomic mass is 9.92. The molecule has 0 spiro atoms. The van der Waals surface area contributed by atoms with Gasteiger partial charge in [-0.15, -0.1) is 0 Å². The predicted octanol–water partition coefficient (Wildman–Crippen LogP) is 4.72. The Bertz CT molecular complexity index is 1210. The SMILES string of the molecule is COc1cc2c(NC(C)=O)c3n(c2cc1OC)CC(C)(C(=O)NC1CCCCCC1)N(CCC(C)C)C3=O. The zero-order valence-electron chi connectivity index (χ0n) is 23.6. The molecule has 0 bridgehead atoms. The minimum atomic E-state index is -1.10. The molecular formula is C29H42N4O5. The summed E-state index contributed by atoms with van der Waals surface area (Å²) in [5.41, 5.74) is 0.401. The van der Waals surface area contributed by atoms with E-state index in [0.717, 1.165) is 32.1 Å². The Morgan fingerprint density at radius 1 is 1.08 bits per heavy atom. The molecule has 1 aromatic heterocycles. The Morgan fingerprint density at radius 2 is 1.71 bits per heavy atom. The summed E-state index contributed by atoms with van der Waals surface area (Å²) in [6.45, 7) is 8.20. The number of carbonyl (C=O) groups is 3. The number of fused-ring (bicyclic) bond motifs is 3. The van der Waals surface area contributed by atoms with Crippen LogP contribution < -0.4 is 20.1 Å². The molecule has 0 saturated heterocycles. The van der Waals surface area contributed by atoms with E-state index < -0.39 is 5.54 Å². The molecule has 2 aliphatic rings. The standard InChI is InChI=1S/C29H42N4O5/c1-18(2)13-14-33-27(35)26-25(30-19(3)34)21-15-23(37-5)24(38-6)16-22(21)32(26)17-29(33,4)28(36)31-20-11-9-7-8-10-12-20/h15-16,18,20H,7-14,17H2,1-6H3,(H,30,34)(H,31,36). The minimum Gasteiger partial charge on any atom is -0.493 e. The monoisotopic (exact) mass is 526 g/mol. The fraction of sp³-hybridized carbons (Fsp3) is 0.621. The second-order valence-electron chi connectivity index (χ2n) is 11.3. The summed E-state index contributed by atoms with van der Waals surface area (Å²) in [5.74, 6) is 0.675. The molecule has 3 amide bonds. The van der Waals surface area contributed by atoms with E-state index in [2.05, 4.69) is 24.5 Å². The summed E-state index contributed by atoms with van der Waals surface area (Å²) in [5, 5.41) is 6.86. The van der Waals surface area contributed by atoms with Crippen molar-refractivity contribution >= 4 is 34.3 Å². The average Bonchev–Trinajstić information content (AvgIpc) is 3.01. The van der Waals surface area contributed by atoms with Gasteiger partial charge in [0.1, 0.15) is 11.2 Å². The minimum absolute atomic E-state index is 0.117. The van der Waals surface area contributed by atoms with Crippen molar-refractivity contribution in [3.05, 3.63) is 17.8 Å². The van der Waals surface area contributed by atoms with Gasteiger partial charge in [0.25, 0.3) is 5.91 Å². The van der Waals surface area contributed by atoms with Crippen LogP contribution in [0.15, 0.2) is 12.1 Å². The molecule has 1 saturated carbocycles. The number of aromatic nitrogens is 1. The van der Waals surface area contributed by atoms with Crippen molar-refractivity contribution in [1.29, 1.82) is 0 Å². The number of methoxy groups -OCH3 is 2. The number of hydrogen-bond donors (Lipinski definition) is 2. The second-order valence-corrected chi connectivity index (χ2v) is 11.3.